The Morgan fingerprint density at radius 3 is 2.89 bits per heavy atom. The zero-order valence-corrected chi connectivity index (χ0v) is 13.2. The maximum Gasteiger partial charge on any atom is 0.0738 e. The molecular formula is C15H29NO2S. The van der Waals surface area contributed by atoms with Gasteiger partial charge in [-0.15, -0.1) is 0 Å². The van der Waals surface area contributed by atoms with Gasteiger partial charge in [0.15, 0.2) is 0 Å². The van der Waals surface area contributed by atoms with Gasteiger partial charge in [0.2, 0.25) is 0 Å². The van der Waals surface area contributed by atoms with Crippen LogP contribution >= 0.6 is 0 Å². The molecule has 0 aromatic rings. The molecule has 0 aromatic carbocycles. The van der Waals surface area contributed by atoms with Crippen molar-refractivity contribution >= 4 is 10.8 Å². The van der Waals surface area contributed by atoms with E-state index in [1.54, 1.807) is 0 Å². The van der Waals surface area contributed by atoms with E-state index in [1.165, 1.54) is 12.8 Å². The predicted molar refractivity (Wildman–Crippen MR) is 80.9 cm³/mol. The van der Waals surface area contributed by atoms with Gasteiger partial charge in [-0.25, -0.2) is 0 Å². The lowest BCUT2D eigenvalue weighted by molar-refractivity contribution is 0.0817. The van der Waals surface area contributed by atoms with E-state index in [4.69, 9.17) is 4.74 Å². The van der Waals surface area contributed by atoms with Gasteiger partial charge in [0.1, 0.15) is 0 Å². The van der Waals surface area contributed by atoms with Crippen molar-refractivity contribution in [2.24, 2.45) is 5.92 Å². The Labute approximate surface area is 120 Å². The van der Waals surface area contributed by atoms with Gasteiger partial charge in [-0.1, -0.05) is 26.7 Å². The zero-order valence-electron chi connectivity index (χ0n) is 12.4. The van der Waals surface area contributed by atoms with Crippen LogP contribution < -0.4 is 5.32 Å². The molecule has 3 nitrogen and oxygen atoms in total. The minimum atomic E-state index is -0.735. The standard InChI is InChI=1S/C15H29NO2S/c1-3-8-16-14-7-9-18-11-15(14)19(17)13-6-4-5-12(2)10-13/h12-16H,3-11H2,1-2H3. The molecular weight excluding hydrogens is 258 g/mol. The number of hydrogen-bond donors (Lipinski definition) is 1. The Bertz CT molecular complexity index is 298. The molecule has 1 saturated heterocycles. The maximum atomic E-state index is 12.9. The normalized spacial score (nSPS) is 38.0. The zero-order chi connectivity index (χ0) is 13.7. The maximum absolute atomic E-state index is 12.9. The molecule has 1 saturated carbocycles. The van der Waals surface area contributed by atoms with Crippen molar-refractivity contribution in [2.75, 3.05) is 19.8 Å². The molecule has 2 aliphatic rings. The third-order valence-corrected chi connectivity index (χ3v) is 6.62. The second-order valence-electron chi connectivity index (χ2n) is 6.18. The Kier molecular flexibility index (Phi) is 6.30. The molecule has 2 fully saturated rings. The lowest BCUT2D eigenvalue weighted by Gasteiger charge is -2.36. The minimum Gasteiger partial charge on any atom is -0.380 e. The summed E-state index contributed by atoms with van der Waals surface area (Å²) in [4.78, 5) is 0. The number of nitrogens with one attached hydrogen (secondary N) is 1. The quantitative estimate of drug-likeness (QED) is 0.844. The van der Waals surface area contributed by atoms with Gasteiger partial charge >= 0.3 is 0 Å². The molecule has 0 bridgehead atoms. The molecule has 19 heavy (non-hydrogen) atoms. The lowest BCUT2D eigenvalue weighted by Crippen LogP contribution is -2.51. The van der Waals surface area contributed by atoms with Crippen LogP contribution in [0.4, 0.5) is 0 Å². The van der Waals surface area contributed by atoms with Crippen molar-refractivity contribution in [1.29, 1.82) is 0 Å². The summed E-state index contributed by atoms with van der Waals surface area (Å²) in [5.74, 6) is 0.745. The van der Waals surface area contributed by atoms with E-state index >= 15 is 0 Å². The Hall–Kier alpha value is 0.0700. The largest absolute Gasteiger partial charge is 0.380 e. The number of rotatable bonds is 5. The molecule has 1 heterocycles. The molecule has 0 amide bonds. The second kappa shape index (κ2) is 7.75. The van der Waals surface area contributed by atoms with Crippen LogP contribution in [0.2, 0.25) is 0 Å². The third kappa shape index (κ3) is 4.27. The first-order valence-electron chi connectivity index (χ1n) is 7.92. The first-order valence-corrected chi connectivity index (χ1v) is 9.20. The molecule has 1 N–H and O–H groups in total. The molecule has 1 aliphatic heterocycles. The van der Waals surface area contributed by atoms with Gasteiger partial charge in [0.25, 0.3) is 0 Å². The van der Waals surface area contributed by atoms with E-state index in [0.717, 1.165) is 44.8 Å². The van der Waals surface area contributed by atoms with Crippen LogP contribution in [0.15, 0.2) is 0 Å². The topological polar surface area (TPSA) is 38.3 Å². The fourth-order valence-corrected chi connectivity index (χ4v) is 5.54. The highest BCUT2D eigenvalue weighted by atomic mass is 32.2. The number of ether oxygens (including phenoxy) is 1. The molecule has 2 rings (SSSR count). The highest BCUT2D eigenvalue weighted by Gasteiger charge is 2.35. The van der Waals surface area contributed by atoms with Crippen molar-refractivity contribution in [3.05, 3.63) is 0 Å². The van der Waals surface area contributed by atoms with Crippen LogP contribution in [0.25, 0.3) is 0 Å². The SMILES string of the molecule is CCCNC1CCOCC1S(=O)C1CCCC(C)C1. The van der Waals surface area contributed by atoms with Crippen LogP contribution in [0.1, 0.15) is 52.4 Å². The van der Waals surface area contributed by atoms with Crippen LogP contribution in [-0.4, -0.2) is 40.5 Å². The van der Waals surface area contributed by atoms with Gasteiger partial charge in [0.05, 0.1) is 11.9 Å². The average Bonchev–Trinajstić information content (AvgIpc) is 2.44. The Morgan fingerprint density at radius 1 is 1.32 bits per heavy atom. The Balaban J connectivity index is 1.94. The molecule has 5 unspecified atom stereocenters. The van der Waals surface area contributed by atoms with E-state index in [9.17, 15) is 4.21 Å². The van der Waals surface area contributed by atoms with Crippen LogP contribution in [0.3, 0.4) is 0 Å². The van der Waals surface area contributed by atoms with Gasteiger partial charge < -0.3 is 10.1 Å². The molecule has 1 aliphatic carbocycles. The Morgan fingerprint density at radius 2 is 2.16 bits per heavy atom. The van der Waals surface area contributed by atoms with Gasteiger partial charge in [-0.3, -0.25) is 4.21 Å². The minimum absolute atomic E-state index is 0.204. The van der Waals surface area contributed by atoms with Gasteiger partial charge in [-0.05, 0) is 38.1 Å². The first-order chi connectivity index (χ1) is 9.22. The average molecular weight is 287 g/mol. The van der Waals surface area contributed by atoms with Crippen molar-refractivity contribution in [2.45, 2.75) is 68.9 Å². The molecule has 0 radical (unpaired) electrons. The lowest BCUT2D eigenvalue weighted by atomic mass is 9.90. The summed E-state index contributed by atoms with van der Waals surface area (Å²) in [6.07, 6.45) is 7.00. The van der Waals surface area contributed by atoms with E-state index in [2.05, 4.69) is 19.2 Å². The summed E-state index contributed by atoms with van der Waals surface area (Å²) >= 11 is 0. The van der Waals surface area contributed by atoms with E-state index < -0.39 is 10.8 Å². The first kappa shape index (κ1) is 15.5. The summed E-state index contributed by atoms with van der Waals surface area (Å²) in [6.45, 7) is 7.00. The monoisotopic (exact) mass is 287 g/mol. The highest BCUT2D eigenvalue weighted by molar-refractivity contribution is 7.86. The van der Waals surface area contributed by atoms with Gasteiger partial charge in [-0.2, -0.15) is 0 Å². The van der Waals surface area contributed by atoms with Crippen molar-refractivity contribution in [1.82, 2.24) is 5.32 Å². The van der Waals surface area contributed by atoms with E-state index in [-0.39, 0.29) is 5.25 Å². The van der Waals surface area contributed by atoms with Crippen LogP contribution in [0, 0.1) is 5.92 Å². The highest BCUT2D eigenvalue weighted by Crippen LogP contribution is 2.30. The summed E-state index contributed by atoms with van der Waals surface area (Å²) in [5.41, 5.74) is 0. The predicted octanol–water partition coefficient (Wildman–Crippen LogP) is 2.47. The van der Waals surface area contributed by atoms with Gasteiger partial charge in [0, 0.05) is 28.7 Å². The fraction of sp³-hybridized carbons (Fsp3) is 1.00. The smallest absolute Gasteiger partial charge is 0.0738 e. The second-order valence-corrected chi connectivity index (χ2v) is 8.11. The summed E-state index contributed by atoms with van der Waals surface area (Å²) in [6, 6.07) is 0.395. The fourth-order valence-electron chi connectivity index (χ4n) is 3.34. The van der Waals surface area contributed by atoms with Crippen molar-refractivity contribution in [3.63, 3.8) is 0 Å². The molecule has 112 valence electrons. The molecule has 0 aromatic heterocycles. The van der Waals surface area contributed by atoms with Crippen molar-refractivity contribution in [3.8, 4) is 0 Å². The van der Waals surface area contributed by atoms with Crippen LogP contribution in [-0.2, 0) is 15.5 Å². The van der Waals surface area contributed by atoms with E-state index in [1.807, 2.05) is 0 Å². The van der Waals surface area contributed by atoms with Crippen LogP contribution in [0.5, 0.6) is 0 Å². The molecule has 4 heteroatoms. The third-order valence-electron chi connectivity index (χ3n) is 4.48. The summed E-state index contributed by atoms with van der Waals surface area (Å²) < 4.78 is 18.5. The molecule has 5 atom stereocenters. The van der Waals surface area contributed by atoms with E-state index in [0.29, 0.717) is 17.9 Å². The molecule has 0 spiro atoms. The number of hydrogen-bond acceptors (Lipinski definition) is 3. The summed E-state index contributed by atoms with van der Waals surface area (Å²) in [7, 11) is -0.735. The summed E-state index contributed by atoms with van der Waals surface area (Å²) in [5, 5.41) is 4.19. The van der Waals surface area contributed by atoms with Crippen molar-refractivity contribution < 1.29 is 8.95 Å².